The molecule has 3 rings (SSSR count). The Balaban J connectivity index is 1.43. The molecule has 0 amide bonds. The summed E-state index contributed by atoms with van der Waals surface area (Å²) in [4.78, 5) is 12.6. The van der Waals surface area contributed by atoms with Crippen molar-refractivity contribution in [1.82, 2.24) is 0 Å². The summed E-state index contributed by atoms with van der Waals surface area (Å²) >= 11 is 0. The van der Waals surface area contributed by atoms with Gasteiger partial charge in [0.2, 0.25) is 0 Å². The van der Waals surface area contributed by atoms with E-state index >= 15 is 0 Å². The molecule has 0 fully saturated rings. The number of carbonyl (C=O) groups excluding carboxylic acids is 1. The van der Waals surface area contributed by atoms with E-state index < -0.39 is 5.97 Å². The summed E-state index contributed by atoms with van der Waals surface area (Å²) in [7, 11) is 0. The fraction of sp³-hybridized carbons (Fsp3) is 0.457. The average molecular weight is 549 g/mol. The first-order valence-electron chi connectivity index (χ1n) is 15.1. The third-order valence-electron chi connectivity index (χ3n) is 6.94. The van der Waals surface area contributed by atoms with Gasteiger partial charge in [0.05, 0.1) is 18.8 Å². The zero-order chi connectivity index (χ0) is 28.4. The number of hydrogen-bond acceptors (Lipinski definition) is 4. The van der Waals surface area contributed by atoms with Gasteiger partial charge in [0.15, 0.2) is 11.6 Å². The van der Waals surface area contributed by atoms with Crippen LogP contribution in [0.4, 0.5) is 4.39 Å². The molecule has 0 unspecified atom stereocenters. The number of ether oxygens (including phenoxy) is 3. The highest BCUT2D eigenvalue weighted by Gasteiger charge is 2.11. The molecule has 0 atom stereocenters. The molecule has 4 nitrogen and oxygen atoms in total. The highest BCUT2D eigenvalue weighted by atomic mass is 19.1. The SMILES string of the molecule is CCCCCCCCOc1ccc(OC(=O)c2ccc(-c3ccc(OCCCCCCCC)c(F)c3)cc2)cc1. The van der Waals surface area contributed by atoms with Gasteiger partial charge in [-0.25, -0.2) is 9.18 Å². The largest absolute Gasteiger partial charge is 0.494 e. The lowest BCUT2D eigenvalue weighted by Crippen LogP contribution is -2.08. The van der Waals surface area contributed by atoms with E-state index in [-0.39, 0.29) is 11.6 Å². The van der Waals surface area contributed by atoms with Crippen LogP contribution in [-0.2, 0) is 0 Å². The normalized spacial score (nSPS) is 10.9. The molecule has 216 valence electrons. The van der Waals surface area contributed by atoms with Crippen LogP contribution in [0.15, 0.2) is 66.7 Å². The molecule has 0 aliphatic heterocycles. The Morgan fingerprint density at radius 1 is 0.600 bits per heavy atom. The molecule has 0 bridgehead atoms. The lowest BCUT2D eigenvalue weighted by molar-refractivity contribution is 0.0734. The van der Waals surface area contributed by atoms with E-state index in [2.05, 4.69) is 13.8 Å². The highest BCUT2D eigenvalue weighted by molar-refractivity contribution is 5.91. The quantitative estimate of drug-likeness (QED) is 0.0849. The molecule has 0 aliphatic rings. The van der Waals surface area contributed by atoms with Gasteiger partial charge in [-0.05, 0) is 72.5 Å². The van der Waals surface area contributed by atoms with Crippen LogP contribution in [0.5, 0.6) is 17.2 Å². The fourth-order valence-corrected chi connectivity index (χ4v) is 4.50. The molecular weight excluding hydrogens is 503 g/mol. The molecular formula is C35H45FO4. The number of halogens is 1. The van der Waals surface area contributed by atoms with Crippen LogP contribution in [0.1, 0.15) is 101 Å². The van der Waals surface area contributed by atoms with E-state index in [1.165, 1.54) is 63.9 Å². The number of hydrogen-bond donors (Lipinski definition) is 0. The molecule has 40 heavy (non-hydrogen) atoms. The van der Waals surface area contributed by atoms with Gasteiger partial charge in [0, 0.05) is 0 Å². The Kier molecular flexibility index (Phi) is 14.1. The molecule has 3 aromatic carbocycles. The summed E-state index contributed by atoms with van der Waals surface area (Å²) in [6.07, 6.45) is 14.3. The molecule has 0 N–H and O–H groups in total. The minimum atomic E-state index is -0.447. The Labute approximate surface area is 239 Å². The zero-order valence-corrected chi connectivity index (χ0v) is 24.3. The predicted molar refractivity (Wildman–Crippen MR) is 161 cm³/mol. The van der Waals surface area contributed by atoms with Crippen molar-refractivity contribution in [3.63, 3.8) is 0 Å². The van der Waals surface area contributed by atoms with Gasteiger partial charge in [-0.2, -0.15) is 0 Å². The fourth-order valence-electron chi connectivity index (χ4n) is 4.50. The number of rotatable bonds is 19. The Morgan fingerprint density at radius 2 is 1.12 bits per heavy atom. The van der Waals surface area contributed by atoms with Crippen LogP contribution >= 0.6 is 0 Å². The highest BCUT2D eigenvalue weighted by Crippen LogP contribution is 2.27. The van der Waals surface area contributed by atoms with E-state index in [0.29, 0.717) is 24.5 Å². The summed E-state index contributed by atoms with van der Waals surface area (Å²) in [5, 5.41) is 0. The summed E-state index contributed by atoms with van der Waals surface area (Å²) in [6.45, 7) is 5.63. The van der Waals surface area contributed by atoms with E-state index in [9.17, 15) is 9.18 Å². The summed E-state index contributed by atoms with van der Waals surface area (Å²) < 4.78 is 31.6. The van der Waals surface area contributed by atoms with Crippen molar-refractivity contribution >= 4 is 5.97 Å². The van der Waals surface area contributed by atoms with Gasteiger partial charge in [-0.1, -0.05) is 96.3 Å². The van der Waals surface area contributed by atoms with Crippen molar-refractivity contribution in [3.05, 3.63) is 78.1 Å². The molecule has 0 aliphatic carbocycles. The lowest BCUT2D eigenvalue weighted by atomic mass is 10.0. The van der Waals surface area contributed by atoms with E-state index in [0.717, 1.165) is 36.1 Å². The van der Waals surface area contributed by atoms with Crippen LogP contribution in [0, 0.1) is 5.82 Å². The lowest BCUT2D eigenvalue weighted by Gasteiger charge is -2.10. The number of esters is 1. The van der Waals surface area contributed by atoms with Gasteiger partial charge in [-0.15, -0.1) is 0 Å². The number of benzene rings is 3. The summed E-state index contributed by atoms with van der Waals surface area (Å²) in [5.74, 6) is 0.669. The maximum Gasteiger partial charge on any atom is 0.343 e. The monoisotopic (exact) mass is 548 g/mol. The van der Waals surface area contributed by atoms with Crippen molar-refractivity contribution in [2.75, 3.05) is 13.2 Å². The Hall–Kier alpha value is -3.34. The van der Waals surface area contributed by atoms with Crippen molar-refractivity contribution in [3.8, 4) is 28.4 Å². The first-order valence-corrected chi connectivity index (χ1v) is 15.1. The van der Waals surface area contributed by atoms with Crippen LogP contribution < -0.4 is 14.2 Å². The molecule has 0 saturated carbocycles. The number of carbonyl (C=O) groups is 1. The van der Waals surface area contributed by atoms with Crippen molar-refractivity contribution < 1.29 is 23.4 Å². The van der Waals surface area contributed by atoms with Gasteiger partial charge >= 0.3 is 5.97 Å². The smallest absolute Gasteiger partial charge is 0.343 e. The second-order valence-corrected chi connectivity index (χ2v) is 10.3. The van der Waals surface area contributed by atoms with Crippen LogP contribution in [0.25, 0.3) is 11.1 Å². The van der Waals surface area contributed by atoms with E-state index in [4.69, 9.17) is 14.2 Å². The van der Waals surface area contributed by atoms with E-state index in [1.54, 1.807) is 42.5 Å². The molecule has 0 spiro atoms. The predicted octanol–water partition coefficient (Wildman–Crippen LogP) is 10.2. The minimum Gasteiger partial charge on any atom is -0.494 e. The third-order valence-corrected chi connectivity index (χ3v) is 6.94. The van der Waals surface area contributed by atoms with Crippen LogP contribution in [0.2, 0.25) is 0 Å². The maximum atomic E-state index is 14.6. The molecule has 0 heterocycles. The van der Waals surface area contributed by atoms with Crippen LogP contribution in [0.3, 0.4) is 0 Å². The molecule has 5 heteroatoms. The minimum absolute atomic E-state index is 0.274. The van der Waals surface area contributed by atoms with Crippen LogP contribution in [-0.4, -0.2) is 19.2 Å². The average Bonchev–Trinajstić information content (AvgIpc) is 2.98. The second kappa shape index (κ2) is 18.1. The van der Waals surface area contributed by atoms with Crippen molar-refractivity contribution in [1.29, 1.82) is 0 Å². The molecule has 0 saturated heterocycles. The van der Waals surface area contributed by atoms with Crippen molar-refractivity contribution in [2.45, 2.75) is 90.9 Å². The van der Waals surface area contributed by atoms with Gasteiger partial charge in [-0.3, -0.25) is 0 Å². The molecule has 3 aromatic rings. The van der Waals surface area contributed by atoms with E-state index in [1.807, 2.05) is 18.2 Å². The Bertz CT molecular complexity index is 1130. The first-order chi connectivity index (χ1) is 19.6. The molecule has 0 aromatic heterocycles. The topological polar surface area (TPSA) is 44.8 Å². The second-order valence-electron chi connectivity index (χ2n) is 10.3. The van der Waals surface area contributed by atoms with Gasteiger partial charge < -0.3 is 14.2 Å². The van der Waals surface area contributed by atoms with Gasteiger partial charge in [0.25, 0.3) is 0 Å². The van der Waals surface area contributed by atoms with Crippen molar-refractivity contribution in [2.24, 2.45) is 0 Å². The standard InChI is InChI=1S/C35H45FO4/c1-3-5-7-9-11-13-25-38-31-20-22-32(23-21-31)40-35(37)29-17-15-28(16-18-29)30-19-24-34(33(36)27-30)39-26-14-12-10-8-6-4-2/h15-24,27H,3-14,25-26H2,1-2H3. The third kappa shape index (κ3) is 11.0. The summed E-state index contributed by atoms with van der Waals surface area (Å²) in [5.41, 5.74) is 1.96. The summed E-state index contributed by atoms with van der Waals surface area (Å²) in [6, 6.07) is 19.1. The molecule has 0 radical (unpaired) electrons. The van der Waals surface area contributed by atoms with Gasteiger partial charge in [0.1, 0.15) is 11.5 Å². The number of unbranched alkanes of at least 4 members (excludes halogenated alkanes) is 10. The first kappa shape index (κ1) is 31.2. The Morgan fingerprint density at radius 3 is 1.73 bits per heavy atom. The zero-order valence-electron chi connectivity index (χ0n) is 24.3. The maximum absolute atomic E-state index is 14.6.